The minimum Gasteiger partial charge on any atom is -0.444 e. The molecule has 0 radical (unpaired) electrons. The Bertz CT molecular complexity index is 531. The third-order valence-corrected chi connectivity index (χ3v) is 4.24. The van der Waals surface area contributed by atoms with Gasteiger partial charge in [-0.05, 0) is 73.8 Å². The molecule has 0 bridgehead atoms. The Kier molecular flexibility index (Phi) is 6.41. The van der Waals surface area contributed by atoms with Crippen LogP contribution in [0.5, 0.6) is 0 Å². The smallest absolute Gasteiger partial charge is 0.407 e. The van der Waals surface area contributed by atoms with Crippen molar-refractivity contribution < 1.29 is 9.53 Å². The van der Waals surface area contributed by atoms with Crippen molar-refractivity contribution in [1.82, 2.24) is 15.2 Å². The third kappa shape index (κ3) is 6.47. The molecule has 1 aliphatic heterocycles. The Hall–Kier alpha value is -1.14. The van der Waals surface area contributed by atoms with Crippen LogP contribution in [0.3, 0.4) is 0 Å². The van der Waals surface area contributed by atoms with Crippen molar-refractivity contribution in [2.24, 2.45) is 0 Å². The largest absolute Gasteiger partial charge is 0.444 e. The molecular formula is C17H26BrN3O2. The average molecular weight is 384 g/mol. The number of ether oxygens (including phenoxy) is 1. The molecule has 0 unspecified atom stereocenters. The van der Waals surface area contributed by atoms with Gasteiger partial charge in [0.2, 0.25) is 0 Å². The van der Waals surface area contributed by atoms with E-state index in [1.165, 1.54) is 18.4 Å². The number of nitrogens with zero attached hydrogens (tertiary/aromatic N) is 2. The van der Waals surface area contributed by atoms with Gasteiger partial charge in [0, 0.05) is 25.3 Å². The molecule has 0 saturated carbocycles. The van der Waals surface area contributed by atoms with Crippen molar-refractivity contribution in [2.45, 2.75) is 58.2 Å². The predicted molar refractivity (Wildman–Crippen MR) is 94.2 cm³/mol. The van der Waals surface area contributed by atoms with E-state index in [1.807, 2.05) is 39.1 Å². The number of nitrogens with one attached hydrogen (secondary N) is 1. The summed E-state index contributed by atoms with van der Waals surface area (Å²) in [6.07, 6.45) is 4.99. The molecule has 0 spiro atoms. The van der Waals surface area contributed by atoms with Gasteiger partial charge in [0.1, 0.15) is 10.2 Å². The van der Waals surface area contributed by atoms with Gasteiger partial charge in [-0.3, -0.25) is 4.90 Å². The van der Waals surface area contributed by atoms with E-state index in [9.17, 15) is 4.79 Å². The summed E-state index contributed by atoms with van der Waals surface area (Å²) in [4.78, 5) is 18.4. The first-order valence-corrected chi connectivity index (χ1v) is 8.94. The molecular weight excluding hydrogens is 358 g/mol. The van der Waals surface area contributed by atoms with E-state index < -0.39 is 5.60 Å². The van der Waals surface area contributed by atoms with Gasteiger partial charge in [-0.25, -0.2) is 9.78 Å². The number of hydrogen-bond acceptors (Lipinski definition) is 4. The summed E-state index contributed by atoms with van der Waals surface area (Å²) in [5.74, 6) is 0. The van der Waals surface area contributed by atoms with E-state index in [2.05, 4.69) is 31.1 Å². The van der Waals surface area contributed by atoms with Crippen LogP contribution < -0.4 is 5.32 Å². The number of likely N-dealkylation sites (tertiary alicyclic amines) is 1. The molecule has 6 heteroatoms. The van der Waals surface area contributed by atoms with Gasteiger partial charge < -0.3 is 10.1 Å². The fraction of sp³-hybridized carbons (Fsp3) is 0.647. The Morgan fingerprint density at radius 3 is 2.96 bits per heavy atom. The van der Waals surface area contributed by atoms with Crippen molar-refractivity contribution in [2.75, 3.05) is 13.1 Å². The average Bonchev–Trinajstić information content (AvgIpc) is 2.44. The number of carbonyl (C=O) groups excluding carboxylic acids is 1. The Morgan fingerprint density at radius 2 is 2.26 bits per heavy atom. The van der Waals surface area contributed by atoms with E-state index in [1.54, 1.807) is 0 Å². The Balaban J connectivity index is 1.89. The van der Waals surface area contributed by atoms with Gasteiger partial charge in [-0.1, -0.05) is 6.42 Å². The monoisotopic (exact) mass is 383 g/mol. The summed E-state index contributed by atoms with van der Waals surface area (Å²) in [6.45, 7) is 8.19. The van der Waals surface area contributed by atoms with Crippen molar-refractivity contribution in [3.63, 3.8) is 0 Å². The maximum absolute atomic E-state index is 11.8. The quantitative estimate of drug-likeness (QED) is 0.804. The summed E-state index contributed by atoms with van der Waals surface area (Å²) in [5.41, 5.74) is 0.774. The molecule has 0 aromatic carbocycles. The fourth-order valence-corrected chi connectivity index (χ4v) is 3.20. The molecule has 1 amide bonds. The summed E-state index contributed by atoms with van der Waals surface area (Å²) in [6, 6.07) is 4.44. The predicted octanol–water partition coefficient (Wildman–Crippen LogP) is 3.72. The topological polar surface area (TPSA) is 54.5 Å². The fourth-order valence-electron chi connectivity index (χ4n) is 2.79. The van der Waals surface area contributed by atoms with E-state index in [0.717, 1.165) is 24.1 Å². The minimum absolute atomic E-state index is 0.338. The van der Waals surface area contributed by atoms with Gasteiger partial charge >= 0.3 is 6.09 Å². The maximum atomic E-state index is 11.8. The van der Waals surface area contributed by atoms with Crippen molar-refractivity contribution >= 4 is 22.0 Å². The molecule has 1 aromatic heterocycles. The molecule has 1 aliphatic rings. The van der Waals surface area contributed by atoms with Crippen LogP contribution in [0.25, 0.3) is 0 Å². The SMILES string of the molecule is CC(C)(C)OC(=O)NC[C@@H]1CCCCN1Cc1ccnc(Br)c1. The van der Waals surface area contributed by atoms with E-state index in [-0.39, 0.29) is 6.09 Å². The van der Waals surface area contributed by atoms with Crippen molar-refractivity contribution in [3.8, 4) is 0 Å². The summed E-state index contributed by atoms with van der Waals surface area (Å²) in [5, 5.41) is 2.91. The molecule has 1 N–H and O–H groups in total. The van der Waals surface area contributed by atoms with Crippen LogP contribution in [0.4, 0.5) is 4.79 Å². The molecule has 1 aromatic rings. The zero-order chi connectivity index (χ0) is 16.9. The molecule has 0 aliphatic carbocycles. The molecule has 23 heavy (non-hydrogen) atoms. The van der Waals surface area contributed by atoms with Gasteiger partial charge in [0.05, 0.1) is 0 Å². The van der Waals surface area contributed by atoms with Crippen LogP contribution in [0.15, 0.2) is 22.9 Å². The van der Waals surface area contributed by atoms with Crippen LogP contribution in [0.2, 0.25) is 0 Å². The number of halogens is 1. The summed E-state index contributed by atoms with van der Waals surface area (Å²) in [7, 11) is 0. The van der Waals surface area contributed by atoms with Gasteiger partial charge in [-0.15, -0.1) is 0 Å². The lowest BCUT2D eigenvalue weighted by Crippen LogP contribution is -2.47. The molecule has 2 rings (SSSR count). The maximum Gasteiger partial charge on any atom is 0.407 e. The number of hydrogen-bond donors (Lipinski definition) is 1. The molecule has 1 fully saturated rings. The first-order valence-electron chi connectivity index (χ1n) is 8.15. The number of rotatable bonds is 4. The summed E-state index contributed by atoms with van der Waals surface area (Å²) < 4.78 is 6.17. The molecule has 128 valence electrons. The van der Waals surface area contributed by atoms with Crippen LogP contribution in [-0.4, -0.2) is 40.7 Å². The normalized spacial score (nSPS) is 19.4. The standard InChI is InChI=1S/C17H26BrN3O2/c1-17(2,3)23-16(22)20-11-14-6-4-5-9-21(14)12-13-7-8-19-15(18)10-13/h7-8,10,14H,4-6,9,11-12H2,1-3H3,(H,20,22)/t14-/m0/s1. The van der Waals surface area contributed by atoms with Crippen LogP contribution in [-0.2, 0) is 11.3 Å². The molecule has 5 nitrogen and oxygen atoms in total. The lowest BCUT2D eigenvalue weighted by molar-refractivity contribution is 0.0492. The number of pyridine rings is 1. The van der Waals surface area contributed by atoms with Crippen LogP contribution in [0.1, 0.15) is 45.6 Å². The highest BCUT2D eigenvalue weighted by molar-refractivity contribution is 9.10. The molecule has 1 atom stereocenters. The second-order valence-corrected chi connectivity index (χ2v) is 7.80. The number of amides is 1. The van der Waals surface area contributed by atoms with Gasteiger partial charge in [0.15, 0.2) is 0 Å². The van der Waals surface area contributed by atoms with Crippen molar-refractivity contribution in [1.29, 1.82) is 0 Å². The second-order valence-electron chi connectivity index (χ2n) is 6.99. The van der Waals surface area contributed by atoms with Gasteiger partial charge in [-0.2, -0.15) is 0 Å². The first kappa shape index (κ1) is 18.2. The second kappa shape index (κ2) is 8.11. The highest BCUT2D eigenvalue weighted by atomic mass is 79.9. The highest BCUT2D eigenvalue weighted by Gasteiger charge is 2.24. The van der Waals surface area contributed by atoms with Gasteiger partial charge in [0.25, 0.3) is 0 Å². The minimum atomic E-state index is -0.459. The first-order chi connectivity index (χ1) is 10.8. The number of aromatic nitrogens is 1. The zero-order valence-corrected chi connectivity index (χ0v) is 15.7. The number of carbonyl (C=O) groups is 1. The molecule has 2 heterocycles. The zero-order valence-electron chi connectivity index (χ0n) is 14.1. The summed E-state index contributed by atoms with van der Waals surface area (Å²) >= 11 is 3.42. The Morgan fingerprint density at radius 1 is 1.48 bits per heavy atom. The van der Waals surface area contributed by atoms with Crippen LogP contribution >= 0.6 is 15.9 Å². The van der Waals surface area contributed by atoms with E-state index in [4.69, 9.17) is 4.74 Å². The van der Waals surface area contributed by atoms with E-state index >= 15 is 0 Å². The number of alkyl carbamates (subject to hydrolysis) is 1. The Labute approximate surface area is 146 Å². The highest BCUT2D eigenvalue weighted by Crippen LogP contribution is 2.20. The number of piperidine rings is 1. The molecule has 1 saturated heterocycles. The lowest BCUT2D eigenvalue weighted by atomic mass is 10.0. The third-order valence-electron chi connectivity index (χ3n) is 3.81. The van der Waals surface area contributed by atoms with Crippen LogP contribution in [0, 0.1) is 0 Å². The lowest BCUT2D eigenvalue weighted by Gasteiger charge is -2.36. The van der Waals surface area contributed by atoms with Crippen molar-refractivity contribution in [3.05, 3.63) is 28.5 Å². The van der Waals surface area contributed by atoms with E-state index in [0.29, 0.717) is 12.6 Å².